The minimum atomic E-state index is -0.0617. The van der Waals surface area contributed by atoms with E-state index in [4.69, 9.17) is 0 Å². The Balaban J connectivity index is 1.79. The molecule has 1 N–H and O–H groups in total. The van der Waals surface area contributed by atoms with Gasteiger partial charge in [0.15, 0.2) is 0 Å². The van der Waals surface area contributed by atoms with Gasteiger partial charge in [-0.15, -0.1) is 0 Å². The number of hydrogen-bond donors (Lipinski definition) is 1. The maximum Gasteiger partial charge on any atom is 0.0754 e. The highest BCUT2D eigenvalue weighted by Crippen LogP contribution is 2.46. The van der Waals surface area contributed by atoms with Gasteiger partial charge in [0.2, 0.25) is 0 Å². The van der Waals surface area contributed by atoms with E-state index >= 15 is 0 Å². The summed E-state index contributed by atoms with van der Waals surface area (Å²) in [5, 5.41) is 11.3. The number of aliphatic hydroxyl groups is 1. The first-order chi connectivity index (χ1) is 9.78. The van der Waals surface area contributed by atoms with Crippen LogP contribution in [0.2, 0.25) is 0 Å². The van der Waals surface area contributed by atoms with Crippen molar-refractivity contribution >= 4 is 0 Å². The Morgan fingerprint density at radius 3 is 2.30 bits per heavy atom. The standard InChI is InChI=1S/C18H33NO/c1-2-15-9-3-4-10-16(15)17(20)18(11-5-6-12-18)19-13-7-8-14-19/h15-17,20H,2-14H2,1H3. The number of hydrogen-bond acceptors (Lipinski definition) is 2. The number of rotatable bonds is 4. The monoisotopic (exact) mass is 279 g/mol. The molecule has 0 aromatic heterocycles. The van der Waals surface area contributed by atoms with Gasteiger partial charge in [-0.2, -0.15) is 0 Å². The highest BCUT2D eigenvalue weighted by atomic mass is 16.3. The minimum Gasteiger partial charge on any atom is -0.391 e. The molecule has 116 valence electrons. The lowest BCUT2D eigenvalue weighted by atomic mass is 9.69. The molecule has 3 rings (SSSR count). The second kappa shape index (κ2) is 6.36. The van der Waals surface area contributed by atoms with E-state index in [1.165, 1.54) is 83.7 Å². The van der Waals surface area contributed by atoms with Gasteiger partial charge in [-0.1, -0.05) is 45.4 Å². The van der Waals surface area contributed by atoms with Gasteiger partial charge in [-0.25, -0.2) is 0 Å². The molecule has 1 saturated heterocycles. The van der Waals surface area contributed by atoms with E-state index in [0.717, 1.165) is 5.92 Å². The van der Waals surface area contributed by atoms with Crippen LogP contribution in [0.25, 0.3) is 0 Å². The SMILES string of the molecule is CCC1CCCCC1C(O)C1(N2CCCC2)CCCC1. The summed E-state index contributed by atoms with van der Waals surface area (Å²) in [5.41, 5.74) is 0.159. The van der Waals surface area contributed by atoms with E-state index in [9.17, 15) is 5.11 Å². The lowest BCUT2D eigenvalue weighted by Gasteiger charge is -2.48. The maximum atomic E-state index is 11.3. The van der Waals surface area contributed by atoms with Crippen molar-refractivity contribution in [1.82, 2.24) is 4.90 Å². The molecular weight excluding hydrogens is 246 g/mol. The Morgan fingerprint density at radius 1 is 1.00 bits per heavy atom. The van der Waals surface area contributed by atoms with Crippen LogP contribution in [0.15, 0.2) is 0 Å². The fraction of sp³-hybridized carbons (Fsp3) is 1.00. The van der Waals surface area contributed by atoms with Crippen LogP contribution in [-0.4, -0.2) is 34.7 Å². The van der Waals surface area contributed by atoms with Crippen LogP contribution in [0.1, 0.15) is 77.6 Å². The number of aliphatic hydroxyl groups excluding tert-OH is 1. The Morgan fingerprint density at radius 2 is 1.65 bits per heavy atom. The third-order valence-electron chi connectivity index (χ3n) is 6.65. The van der Waals surface area contributed by atoms with E-state index in [-0.39, 0.29) is 11.6 Å². The number of likely N-dealkylation sites (tertiary alicyclic amines) is 1. The lowest BCUT2D eigenvalue weighted by molar-refractivity contribution is -0.0739. The molecular formula is C18H33NO. The first kappa shape index (κ1) is 14.8. The van der Waals surface area contributed by atoms with Crippen molar-refractivity contribution in [2.24, 2.45) is 11.8 Å². The summed E-state index contributed by atoms with van der Waals surface area (Å²) < 4.78 is 0. The predicted octanol–water partition coefficient (Wildman–Crippen LogP) is 3.97. The molecule has 2 aliphatic carbocycles. The molecule has 2 nitrogen and oxygen atoms in total. The molecule has 0 amide bonds. The zero-order chi connectivity index (χ0) is 14.0. The van der Waals surface area contributed by atoms with Crippen LogP contribution >= 0.6 is 0 Å². The molecule has 3 atom stereocenters. The third-order valence-corrected chi connectivity index (χ3v) is 6.65. The zero-order valence-electron chi connectivity index (χ0n) is 13.3. The highest BCUT2D eigenvalue weighted by Gasteiger charge is 2.50. The van der Waals surface area contributed by atoms with Gasteiger partial charge in [0.1, 0.15) is 0 Å². The first-order valence-electron chi connectivity index (χ1n) is 9.21. The van der Waals surface area contributed by atoms with Crippen molar-refractivity contribution in [3.05, 3.63) is 0 Å². The van der Waals surface area contributed by atoms with E-state index in [1.807, 2.05) is 0 Å². The maximum absolute atomic E-state index is 11.3. The highest BCUT2D eigenvalue weighted by molar-refractivity contribution is 5.04. The molecule has 3 unspecified atom stereocenters. The summed E-state index contributed by atoms with van der Waals surface area (Å²) in [6.45, 7) is 4.80. The average molecular weight is 279 g/mol. The van der Waals surface area contributed by atoms with Gasteiger partial charge in [0.25, 0.3) is 0 Å². The molecule has 1 aliphatic heterocycles. The zero-order valence-corrected chi connectivity index (χ0v) is 13.3. The van der Waals surface area contributed by atoms with E-state index < -0.39 is 0 Å². The van der Waals surface area contributed by atoms with E-state index in [1.54, 1.807) is 0 Å². The molecule has 3 aliphatic rings. The molecule has 1 heterocycles. The summed E-state index contributed by atoms with van der Waals surface area (Å²) in [5.74, 6) is 1.35. The Labute approximate surface area is 124 Å². The van der Waals surface area contributed by atoms with Gasteiger partial charge in [-0.3, -0.25) is 4.90 Å². The minimum absolute atomic E-state index is 0.0617. The summed E-state index contributed by atoms with van der Waals surface area (Å²) in [6, 6.07) is 0. The largest absolute Gasteiger partial charge is 0.391 e. The predicted molar refractivity (Wildman–Crippen MR) is 83.8 cm³/mol. The van der Waals surface area contributed by atoms with E-state index in [2.05, 4.69) is 11.8 Å². The van der Waals surface area contributed by atoms with Gasteiger partial charge in [0, 0.05) is 5.54 Å². The van der Waals surface area contributed by atoms with Crippen molar-refractivity contribution in [3.63, 3.8) is 0 Å². The molecule has 0 bridgehead atoms. The molecule has 2 saturated carbocycles. The second-order valence-electron chi connectivity index (χ2n) is 7.57. The summed E-state index contributed by atoms with van der Waals surface area (Å²) in [7, 11) is 0. The van der Waals surface area contributed by atoms with Gasteiger partial charge >= 0.3 is 0 Å². The van der Waals surface area contributed by atoms with Crippen molar-refractivity contribution in [2.45, 2.75) is 89.2 Å². The Bertz CT molecular complexity index is 305. The Hall–Kier alpha value is -0.0800. The quantitative estimate of drug-likeness (QED) is 0.841. The van der Waals surface area contributed by atoms with Gasteiger partial charge < -0.3 is 5.11 Å². The molecule has 3 fully saturated rings. The topological polar surface area (TPSA) is 23.5 Å². The van der Waals surface area contributed by atoms with Crippen LogP contribution in [0.3, 0.4) is 0 Å². The molecule has 2 heteroatoms. The van der Waals surface area contributed by atoms with Gasteiger partial charge in [0.05, 0.1) is 6.10 Å². The van der Waals surface area contributed by atoms with E-state index in [0.29, 0.717) is 5.92 Å². The van der Waals surface area contributed by atoms with Crippen LogP contribution < -0.4 is 0 Å². The Kier molecular flexibility index (Phi) is 4.72. The summed E-state index contributed by atoms with van der Waals surface area (Å²) in [4.78, 5) is 2.69. The lowest BCUT2D eigenvalue weighted by Crippen LogP contribution is -2.57. The molecule has 20 heavy (non-hydrogen) atoms. The third kappa shape index (κ3) is 2.54. The van der Waals surface area contributed by atoms with Crippen LogP contribution in [-0.2, 0) is 0 Å². The average Bonchev–Trinajstić information content (AvgIpc) is 3.17. The fourth-order valence-electron chi connectivity index (χ4n) is 5.51. The van der Waals surface area contributed by atoms with Gasteiger partial charge in [-0.05, 0) is 57.0 Å². The molecule has 0 radical (unpaired) electrons. The summed E-state index contributed by atoms with van der Waals surface area (Å²) in [6.07, 6.45) is 14.4. The van der Waals surface area contributed by atoms with Crippen molar-refractivity contribution in [2.75, 3.05) is 13.1 Å². The normalized spacial score (nSPS) is 36.3. The van der Waals surface area contributed by atoms with Crippen LogP contribution in [0.4, 0.5) is 0 Å². The summed E-state index contributed by atoms with van der Waals surface area (Å²) >= 11 is 0. The molecule has 0 spiro atoms. The second-order valence-corrected chi connectivity index (χ2v) is 7.57. The molecule has 0 aromatic carbocycles. The van der Waals surface area contributed by atoms with Crippen molar-refractivity contribution < 1.29 is 5.11 Å². The smallest absolute Gasteiger partial charge is 0.0754 e. The fourth-order valence-corrected chi connectivity index (χ4v) is 5.51. The first-order valence-corrected chi connectivity index (χ1v) is 9.21. The van der Waals surface area contributed by atoms with Crippen LogP contribution in [0.5, 0.6) is 0 Å². The van der Waals surface area contributed by atoms with Crippen LogP contribution in [0, 0.1) is 11.8 Å². The number of nitrogens with zero attached hydrogens (tertiary/aromatic N) is 1. The van der Waals surface area contributed by atoms with Crippen molar-refractivity contribution in [3.8, 4) is 0 Å². The van der Waals surface area contributed by atoms with Crippen molar-refractivity contribution in [1.29, 1.82) is 0 Å². The molecule has 0 aromatic rings.